The maximum Gasteiger partial charge on any atom is 0.315 e. The molecule has 0 radical (unpaired) electrons. The van der Waals surface area contributed by atoms with Crippen LogP contribution in [0.15, 0.2) is 12.1 Å². The molecule has 7 heteroatoms. The summed E-state index contributed by atoms with van der Waals surface area (Å²) < 4.78 is 0.690. The maximum absolute atomic E-state index is 12.0. The molecule has 2 rings (SSSR count). The number of carbonyl (C=O) groups excluding carboxylic acids is 1. The number of urea groups is 1. The van der Waals surface area contributed by atoms with Gasteiger partial charge in [-0.1, -0.05) is 18.0 Å². The number of halogens is 1. The van der Waals surface area contributed by atoms with E-state index < -0.39 is 5.97 Å². The van der Waals surface area contributed by atoms with E-state index in [1.54, 1.807) is 6.07 Å². The van der Waals surface area contributed by atoms with E-state index in [1.165, 1.54) is 11.3 Å². The third kappa shape index (κ3) is 4.61. The first-order valence-electron chi connectivity index (χ1n) is 7.00. The molecule has 116 valence electrons. The standard InChI is InChI=1S/C14H19ClN2O3S/c1-8(11-5-6-12(15)21-11)16-14(20)17-10-4-2-3-9(7-10)13(18)19/h5-6,8-10H,2-4,7H2,1H3,(H,18,19)(H2,16,17,20). The fourth-order valence-electron chi connectivity index (χ4n) is 2.60. The zero-order chi connectivity index (χ0) is 15.4. The second-order valence-corrected chi connectivity index (χ2v) is 7.13. The monoisotopic (exact) mass is 330 g/mol. The molecule has 1 aromatic heterocycles. The molecule has 0 bridgehead atoms. The highest BCUT2D eigenvalue weighted by molar-refractivity contribution is 7.16. The Kier molecular flexibility index (Phi) is 5.47. The van der Waals surface area contributed by atoms with Crippen LogP contribution in [0.1, 0.15) is 43.5 Å². The van der Waals surface area contributed by atoms with Crippen LogP contribution >= 0.6 is 22.9 Å². The largest absolute Gasteiger partial charge is 0.481 e. The van der Waals surface area contributed by atoms with Crippen LogP contribution in [0.4, 0.5) is 4.79 Å². The summed E-state index contributed by atoms with van der Waals surface area (Å²) in [4.78, 5) is 24.0. The van der Waals surface area contributed by atoms with Gasteiger partial charge < -0.3 is 15.7 Å². The number of aliphatic carboxylic acids is 1. The second kappa shape index (κ2) is 7.13. The molecule has 0 saturated heterocycles. The van der Waals surface area contributed by atoms with Crippen molar-refractivity contribution in [1.82, 2.24) is 10.6 Å². The lowest BCUT2D eigenvalue weighted by molar-refractivity contribution is -0.143. The van der Waals surface area contributed by atoms with Crippen LogP contribution in [0.25, 0.3) is 0 Å². The highest BCUT2D eigenvalue weighted by Gasteiger charge is 2.28. The Morgan fingerprint density at radius 3 is 2.81 bits per heavy atom. The Labute approximate surface area is 132 Å². The lowest BCUT2D eigenvalue weighted by atomic mass is 9.86. The van der Waals surface area contributed by atoms with Gasteiger partial charge in [-0.15, -0.1) is 11.3 Å². The molecule has 1 aliphatic carbocycles. The Hall–Kier alpha value is -1.27. The van der Waals surface area contributed by atoms with Gasteiger partial charge in [0.15, 0.2) is 0 Å². The van der Waals surface area contributed by atoms with Gasteiger partial charge in [-0.2, -0.15) is 0 Å². The van der Waals surface area contributed by atoms with Gasteiger partial charge in [0.25, 0.3) is 0 Å². The molecule has 1 aliphatic rings. The van der Waals surface area contributed by atoms with Gasteiger partial charge in [0.2, 0.25) is 0 Å². The van der Waals surface area contributed by atoms with Crippen molar-refractivity contribution in [3.8, 4) is 0 Å². The van der Waals surface area contributed by atoms with Gasteiger partial charge in [-0.05, 0) is 38.3 Å². The van der Waals surface area contributed by atoms with E-state index in [0.29, 0.717) is 17.2 Å². The molecule has 5 nitrogen and oxygen atoms in total. The van der Waals surface area contributed by atoms with Crippen LogP contribution in [0.2, 0.25) is 4.34 Å². The van der Waals surface area contributed by atoms with Crippen LogP contribution < -0.4 is 10.6 Å². The van der Waals surface area contributed by atoms with Crippen molar-refractivity contribution in [2.75, 3.05) is 0 Å². The average molecular weight is 331 g/mol. The Bertz CT molecular complexity index is 520. The molecule has 0 aliphatic heterocycles. The molecule has 2 amide bonds. The number of carboxylic acids is 1. The zero-order valence-electron chi connectivity index (χ0n) is 11.8. The summed E-state index contributed by atoms with van der Waals surface area (Å²) in [6, 6.07) is 3.23. The van der Waals surface area contributed by atoms with Gasteiger partial charge in [-0.3, -0.25) is 4.79 Å². The molecule has 21 heavy (non-hydrogen) atoms. The molecule has 3 N–H and O–H groups in total. The molecule has 1 fully saturated rings. The second-order valence-electron chi connectivity index (χ2n) is 5.38. The quantitative estimate of drug-likeness (QED) is 0.791. The van der Waals surface area contributed by atoms with Crippen molar-refractivity contribution >= 4 is 34.9 Å². The number of hydrogen-bond donors (Lipinski definition) is 3. The molecule has 3 atom stereocenters. The summed E-state index contributed by atoms with van der Waals surface area (Å²) >= 11 is 7.31. The van der Waals surface area contributed by atoms with E-state index >= 15 is 0 Å². The molecule has 3 unspecified atom stereocenters. The molecule has 0 aromatic carbocycles. The van der Waals surface area contributed by atoms with Crippen molar-refractivity contribution in [2.45, 2.75) is 44.7 Å². The highest BCUT2D eigenvalue weighted by atomic mass is 35.5. The number of carbonyl (C=O) groups is 2. The van der Waals surface area contributed by atoms with Crippen LogP contribution in [-0.2, 0) is 4.79 Å². The Balaban J connectivity index is 1.82. The van der Waals surface area contributed by atoms with Gasteiger partial charge in [0.1, 0.15) is 0 Å². The fourth-order valence-corrected chi connectivity index (χ4v) is 3.66. The Morgan fingerprint density at radius 1 is 1.43 bits per heavy atom. The maximum atomic E-state index is 12.0. The normalized spacial score (nSPS) is 23.3. The Morgan fingerprint density at radius 2 is 2.19 bits per heavy atom. The van der Waals surface area contributed by atoms with Crippen molar-refractivity contribution < 1.29 is 14.7 Å². The smallest absolute Gasteiger partial charge is 0.315 e. The molecular weight excluding hydrogens is 312 g/mol. The molecule has 1 heterocycles. The van der Waals surface area contributed by atoms with Crippen LogP contribution in [0, 0.1) is 5.92 Å². The van der Waals surface area contributed by atoms with E-state index in [0.717, 1.165) is 17.7 Å². The van der Waals surface area contributed by atoms with Gasteiger partial charge >= 0.3 is 12.0 Å². The van der Waals surface area contributed by atoms with Crippen molar-refractivity contribution in [3.05, 3.63) is 21.3 Å². The van der Waals surface area contributed by atoms with Crippen LogP contribution in [0.3, 0.4) is 0 Å². The number of thiophene rings is 1. The lowest BCUT2D eigenvalue weighted by Gasteiger charge is -2.27. The van der Waals surface area contributed by atoms with E-state index in [9.17, 15) is 9.59 Å². The number of nitrogens with one attached hydrogen (secondary N) is 2. The van der Waals surface area contributed by atoms with Gasteiger partial charge in [0, 0.05) is 10.9 Å². The minimum Gasteiger partial charge on any atom is -0.481 e. The van der Waals surface area contributed by atoms with E-state index in [-0.39, 0.29) is 24.0 Å². The average Bonchev–Trinajstić information content (AvgIpc) is 2.85. The first-order valence-corrected chi connectivity index (χ1v) is 8.20. The van der Waals surface area contributed by atoms with Crippen LogP contribution in [0.5, 0.6) is 0 Å². The van der Waals surface area contributed by atoms with Gasteiger partial charge in [0.05, 0.1) is 16.3 Å². The predicted octanol–water partition coefficient (Wildman–Crippen LogP) is 3.41. The summed E-state index contributed by atoms with van der Waals surface area (Å²) in [6.45, 7) is 1.89. The van der Waals surface area contributed by atoms with Crippen molar-refractivity contribution in [3.63, 3.8) is 0 Å². The van der Waals surface area contributed by atoms with E-state index in [4.69, 9.17) is 16.7 Å². The number of hydrogen-bond acceptors (Lipinski definition) is 3. The molecular formula is C14H19ClN2O3S. The highest BCUT2D eigenvalue weighted by Crippen LogP contribution is 2.27. The summed E-state index contributed by atoms with van der Waals surface area (Å²) in [6.07, 6.45) is 2.86. The minimum absolute atomic E-state index is 0.0704. The number of rotatable bonds is 4. The number of carboxylic acid groups (broad SMARTS) is 1. The fraction of sp³-hybridized carbons (Fsp3) is 0.571. The topological polar surface area (TPSA) is 78.4 Å². The summed E-state index contributed by atoms with van der Waals surface area (Å²) in [5.74, 6) is -1.12. The van der Waals surface area contributed by atoms with E-state index in [2.05, 4.69) is 10.6 Å². The third-order valence-electron chi connectivity index (χ3n) is 3.73. The summed E-state index contributed by atoms with van der Waals surface area (Å²) in [7, 11) is 0. The van der Waals surface area contributed by atoms with Crippen molar-refractivity contribution in [2.24, 2.45) is 5.92 Å². The first kappa shape index (κ1) is 16.1. The zero-order valence-corrected chi connectivity index (χ0v) is 13.3. The molecule has 1 saturated carbocycles. The summed E-state index contributed by atoms with van der Waals surface area (Å²) in [5.41, 5.74) is 0. The van der Waals surface area contributed by atoms with Crippen LogP contribution in [-0.4, -0.2) is 23.1 Å². The minimum atomic E-state index is -0.775. The van der Waals surface area contributed by atoms with E-state index in [1.807, 2.05) is 13.0 Å². The van der Waals surface area contributed by atoms with Gasteiger partial charge in [-0.25, -0.2) is 4.79 Å². The lowest BCUT2D eigenvalue weighted by Crippen LogP contribution is -2.45. The number of amides is 2. The molecule has 1 aromatic rings. The first-order chi connectivity index (χ1) is 9.95. The predicted molar refractivity (Wildman–Crippen MR) is 82.8 cm³/mol. The third-order valence-corrected chi connectivity index (χ3v) is 5.14. The molecule has 0 spiro atoms. The van der Waals surface area contributed by atoms with Crippen molar-refractivity contribution in [1.29, 1.82) is 0 Å². The summed E-state index contributed by atoms with van der Waals surface area (Å²) in [5, 5.41) is 14.8. The SMILES string of the molecule is CC(NC(=O)NC1CCCC(C(=O)O)C1)c1ccc(Cl)s1.